The number of nitrogens with zero attached hydrogens (tertiary/aromatic N) is 3. The highest BCUT2D eigenvalue weighted by Crippen LogP contribution is 2.58. The van der Waals surface area contributed by atoms with Crippen molar-refractivity contribution in [2.45, 2.75) is 33.6 Å². The van der Waals surface area contributed by atoms with Crippen molar-refractivity contribution in [2.75, 3.05) is 20.8 Å². The van der Waals surface area contributed by atoms with Crippen LogP contribution in [0, 0.1) is 17.3 Å². The molecular formula is C25H31N3O2S. The Hall–Kier alpha value is -2.60. The molecule has 1 saturated carbocycles. The number of methoxy groups -OCH3 is 2. The van der Waals surface area contributed by atoms with E-state index in [1.165, 1.54) is 12.0 Å². The number of rotatable bonds is 7. The van der Waals surface area contributed by atoms with Crippen LogP contribution in [0.4, 0.5) is 0 Å². The minimum atomic E-state index is 0.363. The molecular weight excluding hydrogens is 406 g/mol. The summed E-state index contributed by atoms with van der Waals surface area (Å²) < 4.78 is 13.0. The minimum absolute atomic E-state index is 0.363. The summed E-state index contributed by atoms with van der Waals surface area (Å²) in [5, 5.41) is 7.00. The summed E-state index contributed by atoms with van der Waals surface area (Å²) in [6, 6.07) is 5.80. The van der Waals surface area contributed by atoms with Gasteiger partial charge >= 0.3 is 0 Å². The molecule has 3 aliphatic rings. The number of ether oxygens (including phenoxy) is 2. The summed E-state index contributed by atoms with van der Waals surface area (Å²) in [4.78, 5) is 5.58. The van der Waals surface area contributed by atoms with Gasteiger partial charge in [-0.1, -0.05) is 32.1 Å². The molecule has 2 atom stereocenters. The third-order valence-electron chi connectivity index (χ3n) is 6.69. The summed E-state index contributed by atoms with van der Waals surface area (Å²) in [6.45, 7) is 11.3. The van der Waals surface area contributed by atoms with Gasteiger partial charge in [-0.3, -0.25) is 4.99 Å². The van der Waals surface area contributed by atoms with Gasteiger partial charge in [0.2, 0.25) is 4.80 Å². The topological polar surface area (TPSA) is 48.1 Å². The second kappa shape index (κ2) is 8.50. The summed E-state index contributed by atoms with van der Waals surface area (Å²) in [6.07, 6.45) is 6.80. The average molecular weight is 438 g/mol. The normalized spacial score (nSPS) is 22.2. The van der Waals surface area contributed by atoms with Gasteiger partial charge in [0.15, 0.2) is 0 Å². The van der Waals surface area contributed by atoms with E-state index in [4.69, 9.17) is 19.6 Å². The van der Waals surface area contributed by atoms with Crippen molar-refractivity contribution in [2.24, 2.45) is 27.3 Å². The molecule has 0 spiro atoms. The maximum absolute atomic E-state index is 5.63. The van der Waals surface area contributed by atoms with Crippen LogP contribution in [0.3, 0.4) is 0 Å². The number of benzene rings is 1. The van der Waals surface area contributed by atoms with E-state index in [1.54, 1.807) is 25.6 Å². The largest absolute Gasteiger partial charge is 0.497 e. The number of allylic oxidation sites excluding steroid dienone is 2. The van der Waals surface area contributed by atoms with Crippen molar-refractivity contribution in [3.63, 3.8) is 0 Å². The van der Waals surface area contributed by atoms with Crippen molar-refractivity contribution >= 4 is 17.6 Å². The van der Waals surface area contributed by atoms with Gasteiger partial charge in [-0.05, 0) is 60.8 Å². The Bertz CT molecular complexity index is 1120. The van der Waals surface area contributed by atoms with Crippen LogP contribution in [-0.2, 0) is 0 Å². The smallest absolute Gasteiger partial charge is 0.206 e. The summed E-state index contributed by atoms with van der Waals surface area (Å²) in [7, 11) is 3.35. The van der Waals surface area contributed by atoms with Crippen LogP contribution in [0.1, 0.15) is 33.6 Å². The molecule has 6 heteroatoms. The zero-order valence-electron chi connectivity index (χ0n) is 19.0. The molecule has 3 aliphatic carbocycles. The fourth-order valence-electron chi connectivity index (χ4n) is 4.59. The van der Waals surface area contributed by atoms with E-state index >= 15 is 0 Å². The molecule has 164 valence electrons. The lowest BCUT2D eigenvalue weighted by atomic mass is 9.49. The number of hydrogen-bond donors (Lipinski definition) is 0. The van der Waals surface area contributed by atoms with Gasteiger partial charge in [0, 0.05) is 10.9 Å². The Morgan fingerprint density at radius 2 is 2.13 bits per heavy atom. The lowest BCUT2D eigenvalue weighted by molar-refractivity contribution is -0.00126. The van der Waals surface area contributed by atoms with Crippen LogP contribution in [0.15, 0.2) is 57.5 Å². The maximum atomic E-state index is 5.63. The summed E-state index contributed by atoms with van der Waals surface area (Å²) in [5.41, 5.74) is 4.57. The van der Waals surface area contributed by atoms with Gasteiger partial charge in [-0.2, -0.15) is 5.10 Å². The molecule has 5 rings (SSSR count). The van der Waals surface area contributed by atoms with Crippen LogP contribution < -0.4 is 14.3 Å². The Balaban J connectivity index is 1.79. The average Bonchev–Trinajstić information content (AvgIpc) is 3.18. The number of thiazole rings is 1. The predicted octanol–water partition coefficient (Wildman–Crippen LogP) is 5.54. The fraction of sp³-hybridized carbons (Fsp3) is 0.440. The van der Waals surface area contributed by atoms with Gasteiger partial charge in [-0.25, -0.2) is 4.68 Å². The molecule has 1 heterocycles. The molecule has 0 aliphatic heterocycles. The van der Waals surface area contributed by atoms with Crippen molar-refractivity contribution in [1.82, 2.24) is 4.68 Å². The highest BCUT2D eigenvalue weighted by atomic mass is 32.1. The maximum Gasteiger partial charge on any atom is 0.206 e. The van der Waals surface area contributed by atoms with Crippen molar-refractivity contribution in [3.05, 3.63) is 52.2 Å². The monoisotopic (exact) mass is 437 g/mol. The van der Waals surface area contributed by atoms with E-state index < -0.39 is 0 Å². The van der Waals surface area contributed by atoms with Gasteiger partial charge in [0.05, 0.1) is 32.7 Å². The van der Waals surface area contributed by atoms with Crippen LogP contribution in [-0.4, -0.2) is 31.7 Å². The van der Waals surface area contributed by atoms with Gasteiger partial charge in [0.25, 0.3) is 0 Å². The number of fused-ring (bicyclic) bond motifs is 1. The number of aromatic nitrogens is 1. The first kappa shape index (κ1) is 21.6. The molecule has 1 aromatic carbocycles. The SMILES string of the molecule is C=C(C)CN=c1scc(-c2cc(OC)ccc2OC)n1N=CC1=CCC2CC1C2(C)C. The third-order valence-corrected chi connectivity index (χ3v) is 7.54. The quantitative estimate of drug-likeness (QED) is 0.422. The highest BCUT2D eigenvalue weighted by molar-refractivity contribution is 7.07. The van der Waals surface area contributed by atoms with Crippen LogP contribution in [0.2, 0.25) is 0 Å². The Kier molecular flexibility index (Phi) is 5.93. The Labute approximate surface area is 188 Å². The molecule has 0 radical (unpaired) electrons. The lowest BCUT2D eigenvalue weighted by Gasteiger charge is -2.55. The predicted molar refractivity (Wildman–Crippen MR) is 128 cm³/mol. The van der Waals surface area contributed by atoms with Crippen LogP contribution in [0.5, 0.6) is 11.5 Å². The van der Waals surface area contributed by atoms with E-state index in [1.807, 2.05) is 36.0 Å². The van der Waals surface area contributed by atoms with E-state index in [0.29, 0.717) is 17.9 Å². The fourth-order valence-corrected chi connectivity index (χ4v) is 5.42. The van der Waals surface area contributed by atoms with E-state index in [0.717, 1.165) is 45.5 Å². The highest BCUT2D eigenvalue weighted by Gasteiger charge is 2.50. The van der Waals surface area contributed by atoms with Crippen molar-refractivity contribution in [1.29, 1.82) is 0 Å². The molecule has 5 nitrogen and oxygen atoms in total. The standard InChI is InChI=1S/C25H31N3O2S/c1-16(2)13-26-24-28(27-14-17-7-8-18-11-21(17)25(18,3)4)22(15-31-24)20-12-19(29-5)9-10-23(20)30-6/h7,9-10,12,14-15,18,21H,1,8,11,13H2,2-6H3. The Morgan fingerprint density at radius 1 is 1.32 bits per heavy atom. The van der Waals surface area contributed by atoms with Gasteiger partial charge in [-0.15, -0.1) is 11.3 Å². The summed E-state index contributed by atoms with van der Waals surface area (Å²) in [5.74, 6) is 2.94. The lowest BCUT2D eigenvalue weighted by Crippen LogP contribution is -2.48. The molecule has 31 heavy (non-hydrogen) atoms. The van der Waals surface area contributed by atoms with Crippen molar-refractivity contribution < 1.29 is 9.47 Å². The molecule has 2 aromatic rings. The molecule has 0 N–H and O–H groups in total. The molecule has 0 amide bonds. The molecule has 1 aromatic heterocycles. The van der Waals surface area contributed by atoms with E-state index in [2.05, 4.69) is 31.9 Å². The third kappa shape index (κ3) is 4.01. The second-order valence-corrected chi connectivity index (χ2v) is 9.88. The van der Waals surface area contributed by atoms with Crippen LogP contribution in [0.25, 0.3) is 11.3 Å². The molecule has 1 fully saturated rings. The second-order valence-electron chi connectivity index (χ2n) is 9.05. The van der Waals surface area contributed by atoms with E-state index in [-0.39, 0.29) is 0 Å². The first-order valence-corrected chi connectivity index (χ1v) is 11.5. The van der Waals surface area contributed by atoms with Gasteiger partial charge < -0.3 is 9.47 Å². The Morgan fingerprint density at radius 3 is 2.77 bits per heavy atom. The van der Waals surface area contributed by atoms with Crippen molar-refractivity contribution in [3.8, 4) is 22.8 Å². The zero-order valence-corrected chi connectivity index (χ0v) is 19.8. The summed E-state index contributed by atoms with van der Waals surface area (Å²) >= 11 is 1.57. The molecule has 2 bridgehead atoms. The van der Waals surface area contributed by atoms with Gasteiger partial charge in [0.1, 0.15) is 11.5 Å². The van der Waals surface area contributed by atoms with E-state index in [9.17, 15) is 0 Å². The zero-order chi connectivity index (χ0) is 22.2. The molecule has 2 unspecified atom stereocenters. The first-order chi connectivity index (χ1) is 14.8. The number of hydrogen-bond acceptors (Lipinski definition) is 5. The minimum Gasteiger partial charge on any atom is -0.497 e. The molecule has 0 saturated heterocycles. The first-order valence-electron chi connectivity index (χ1n) is 10.7. The van der Waals surface area contributed by atoms with Crippen LogP contribution >= 0.6 is 11.3 Å².